The van der Waals surface area contributed by atoms with Gasteiger partial charge in [-0.25, -0.2) is 4.79 Å². The summed E-state index contributed by atoms with van der Waals surface area (Å²) in [5.41, 5.74) is 1.55. The zero-order valence-electron chi connectivity index (χ0n) is 18.2. The van der Waals surface area contributed by atoms with Crippen LogP contribution in [-0.2, 0) is 9.53 Å². The minimum Gasteiger partial charge on any atom is -0.454 e. The Morgan fingerprint density at radius 3 is 2.67 bits per heavy atom. The molecule has 33 heavy (non-hydrogen) atoms. The van der Waals surface area contributed by atoms with Crippen molar-refractivity contribution in [2.45, 2.75) is 37.6 Å². The van der Waals surface area contributed by atoms with E-state index in [2.05, 4.69) is 16.0 Å². The lowest BCUT2D eigenvalue weighted by molar-refractivity contribution is -0.125. The highest BCUT2D eigenvalue weighted by atomic mass is 16.7. The van der Waals surface area contributed by atoms with Gasteiger partial charge in [0.05, 0.1) is 31.2 Å². The molecule has 0 aliphatic carbocycles. The van der Waals surface area contributed by atoms with E-state index in [9.17, 15) is 14.7 Å². The summed E-state index contributed by atoms with van der Waals surface area (Å²) in [7, 11) is 0. The molecular weight excluding hydrogens is 426 g/mol. The Bertz CT molecular complexity index is 1010. The van der Waals surface area contributed by atoms with Crippen LogP contribution >= 0.6 is 0 Å². The molecule has 9 nitrogen and oxygen atoms in total. The minimum atomic E-state index is -0.679. The summed E-state index contributed by atoms with van der Waals surface area (Å²) >= 11 is 0. The first-order valence-corrected chi connectivity index (χ1v) is 10.8. The van der Waals surface area contributed by atoms with E-state index in [1.165, 1.54) is 0 Å². The third-order valence-electron chi connectivity index (χ3n) is 5.46. The second-order valence-electron chi connectivity index (χ2n) is 7.88. The molecule has 2 aliphatic heterocycles. The maximum absolute atomic E-state index is 12.4. The average Bonchev–Trinajstić information content (AvgIpc) is 3.28. The van der Waals surface area contributed by atoms with Crippen LogP contribution in [-0.4, -0.2) is 48.7 Å². The van der Waals surface area contributed by atoms with Crippen molar-refractivity contribution >= 4 is 17.6 Å². The third-order valence-corrected chi connectivity index (χ3v) is 5.46. The fourth-order valence-corrected chi connectivity index (χ4v) is 3.74. The Labute approximate surface area is 191 Å². The predicted molar refractivity (Wildman–Crippen MR) is 121 cm³/mol. The number of nitrogens with one attached hydrogen (secondary N) is 3. The summed E-state index contributed by atoms with van der Waals surface area (Å²) in [6.07, 6.45) is 2.40. The molecule has 2 heterocycles. The first kappa shape index (κ1) is 22.6. The lowest BCUT2D eigenvalue weighted by atomic mass is 10.0. The van der Waals surface area contributed by atoms with Crippen molar-refractivity contribution in [2.24, 2.45) is 0 Å². The van der Waals surface area contributed by atoms with Gasteiger partial charge in [-0.2, -0.15) is 0 Å². The van der Waals surface area contributed by atoms with Gasteiger partial charge in [0.15, 0.2) is 11.5 Å². The van der Waals surface area contributed by atoms with Crippen LogP contribution in [0.1, 0.15) is 24.9 Å². The van der Waals surface area contributed by atoms with E-state index in [1.807, 2.05) is 37.3 Å². The number of carbonyl (C=O) groups excluding carboxylic acids is 2. The summed E-state index contributed by atoms with van der Waals surface area (Å²) in [5.74, 6) is 1.02. The summed E-state index contributed by atoms with van der Waals surface area (Å²) < 4.78 is 16.4. The molecule has 0 unspecified atom stereocenters. The van der Waals surface area contributed by atoms with Crippen molar-refractivity contribution < 1.29 is 28.9 Å². The van der Waals surface area contributed by atoms with Gasteiger partial charge in [-0.15, -0.1) is 0 Å². The highest BCUT2D eigenvalue weighted by Crippen LogP contribution is 2.34. The van der Waals surface area contributed by atoms with E-state index in [0.717, 1.165) is 5.56 Å². The monoisotopic (exact) mass is 453 g/mol. The summed E-state index contributed by atoms with van der Waals surface area (Å²) in [6, 6.07) is 13.6. The first-order chi connectivity index (χ1) is 16.0. The van der Waals surface area contributed by atoms with Gasteiger partial charge in [0.1, 0.15) is 6.10 Å². The lowest BCUT2D eigenvalue weighted by Crippen LogP contribution is -2.50. The lowest BCUT2D eigenvalue weighted by Gasteiger charge is -2.31. The number of urea groups is 1. The Morgan fingerprint density at radius 2 is 1.88 bits per heavy atom. The largest absolute Gasteiger partial charge is 0.454 e. The minimum absolute atomic E-state index is 0.111. The van der Waals surface area contributed by atoms with Crippen LogP contribution in [0.25, 0.3) is 0 Å². The van der Waals surface area contributed by atoms with Gasteiger partial charge in [-0.05, 0) is 24.6 Å². The molecule has 0 radical (unpaired) electrons. The smallest absolute Gasteiger partial charge is 0.319 e. The second-order valence-corrected chi connectivity index (χ2v) is 7.88. The summed E-state index contributed by atoms with van der Waals surface area (Å²) in [5, 5.41) is 18.2. The molecule has 0 aromatic heterocycles. The first-order valence-electron chi connectivity index (χ1n) is 10.8. The number of hydrogen-bond donors (Lipinski definition) is 4. The maximum atomic E-state index is 12.4. The number of amides is 3. The molecule has 2 aromatic rings. The molecule has 9 heteroatoms. The topological polar surface area (TPSA) is 118 Å². The van der Waals surface area contributed by atoms with Crippen molar-refractivity contribution in [1.82, 2.24) is 10.6 Å². The Morgan fingerprint density at radius 1 is 1.09 bits per heavy atom. The number of benzene rings is 2. The predicted octanol–water partition coefficient (Wildman–Crippen LogP) is 2.49. The van der Waals surface area contributed by atoms with E-state index in [0.29, 0.717) is 17.2 Å². The van der Waals surface area contributed by atoms with Crippen LogP contribution in [0.2, 0.25) is 0 Å². The molecule has 0 bridgehead atoms. The van der Waals surface area contributed by atoms with Gasteiger partial charge in [0, 0.05) is 11.8 Å². The van der Waals surface area contributed by atoms with Crippen LogP contribution in [0.4, 0.5) is 10.5 Å². The number of aliphatic hydroxyl groups is 1. The molecule has 2 aromatic carbocycles. The maximum Gasteiger partial charge on any atom is 0.319 e. The average molecular weight is 453 g/mol. The standard InChI is InChI=1S/C24H27N3O6/c1-15(16-5-3-2-4-6-16)25-23(29)12-18-8-9-19(22(13-28)33-18)27-24(30)26-17-7-10-20-21(11-17)32-14-31-20/h2-11,15,18-19,22,28H,12-14H2,1H3,(H,25,29)(H2,26,27,30)/t15-,18-,19+,22+/m0/s1. The van der Waals surface area contributed by atoms with E-state index >= 15 is 0 Å². The normalized spacial score (nSPS) is 21.8. The fourth-order valence-electron chi connectivity index (χ4n) is 3.74. The van der Waals surface area contributed by atoms with Crippen molar-refractivity contribution in [2.75, 3.05) is 18.7 Å². The van der Waals surface area contributed by atoms with Gasteiger partial charge in [-0.3, -0.25) is 4.79 Å². The molecule has 4 N–H and O–H groups in total. The van der Waals surface area contributed by atoms with Crippen LogP contribution < -0.4 is 25.4 Å². The third kappa shape index (κ3) is 5.82. The molecule has 0 fully saturated rings. The molecule has 0 saturated heterocycles. The van der Waals surface area contributed by atoms with Gasteiger partial charge < -0.3 is 35.3 Å². The summed E-state index contributed by atoms with van der Waals surface area (Å²) in [4.78, 5) is 24.9. The zero-order chi connectivity index (χ0) is 23.2. The van der Waals surface area contributed by atoms with Crippen molar-refractivity contribution in [1.29, 1.82) is 0 Å². The van der Waals surface area contributed by atoms with E-state index in [1.54, 1.807) is 30.4 Å². The molecule has 3 amide bonds. The molecule has 0 saturated carbocycles. The zero-order valence-corrected chi connectivity index (χ0v) is 18.2. The Hall–Kier alpha value is -3.56. The molecule has 174 valence electrons. The number of carbonyl (C=O) groups is 2. The van der Waals surface area contributed by atoms with Crippen molar-refractivity contribution in [3.05, 3.63) is 66.2 Å². The quantitative estimate of drug-likeness (QED) is 0.479. The number of rotatable bonds is 7. The van der Waals surface area contributed by atoms with Gasteiger partial charge in [0.25, 0.3) is 0 Å². The highest BCUT2D eigenvalue weighted by molar-refractivity contribution is 5.90. The number of ether oxygens (including phenoxy) is 3. The second kappa shape index (κ2) is 10.4. The van der Waals surface area contributed by atoms with E-state index < -0.39 is 24.3 Å². The fraction of sp³-hybridized carbons (Fsp3) is 0.333. The van der Waals surface area contributed by atoms with Gasteiger partial charge in [0.2, 0.25) is 12.7 Å². The Kier molecular flexibility index (Phi) is 7.11. The molecule has 0 spiro atoms. The van der Waals surface area contributed by atoms with Crippen molar-refractivity contribution in [3.63, 3.8) is 0 Å². The molecular formula is C24H27N3O6. The number of aliphatic hydroxyl groups excluding tert-OH is 1. The highest BCUT2D eigenvalue weighted by Gasteiger charge is 2.29. The van der Waals surface area contributed by atoms with Crippen LogP contribution in [0.5, 0.6) is 11.5 Å². The summed E-state index contributed by atoms with van der Waals surface area (Å²) in [6.45, 7) is 1.76. The van der Waals surface area contributed by atoms with Gasteiger partial charge in [-0.1, -0.05) is 42.5 Å². The van der Waals surface area contributed by atoms with Gasteiger partial charge >= 0.3 is 6.03 Å². The molecule has 2 aliphatic rings. The SMILES string of the molecule is C[C@H](NC(=O)C[C@@H]1C=C[C@@H](NC(=O)Nc2ccc3c(c2)OCO3)[C@@H](CO)O1)c1ccccc1. The number of anilines is 1. The molecule has 4 atom stereocenters. The molecule has 4 rings (SSSR count). The Balaban J connectivity index is 1.29. The van der Waals surface area contributed by atoms with Crippen LogP contribution in [0.15, 0.2) is 60.7 Å². The van der Waals surface area contributed by atoms with E-state index in [-0.39, 0.29) is 31.8 Å². The van der Waals surface area contributed by atoms with Crippen molar-refractivity contribution in [3.8, 4) is 11.5 Å². The van der Waals surface area contributed by atoms with Crippen LogP contribution in [0, 0.1) is 0 Å². The van der Waals surface area contributed by atoms with E-state index in [4.69, 9.17) is 14.2 Å². The number of fused-ring (bicyclic) bond motifs is 1. The van der Waals surface area contributed by atoms with Crippen LogP contribution in [0.3, 0.4) is 0 Å². The number of hydrogen-bond acceptors (Lipinski definition) is 6.